The largest absolute Gasteiger partial charge is 0.497 e. The Balaban J connectivity index is 1.41. The molecule has 2 amide bonds. The van der Waals surface area contributed by atoms with Gasteiger partial charge in [0.25, 0.3) is 5.91 Å². The van der Waals surface area contributed by atoms with Crippen molar-refractivity contribution in [2.45, 2.75) is 19.3 Å². The molecule has 4 rings (SSSR count). The summed E-state index contributed by atoms with van der Waals surface area (Å²) < 4.78 is 5.27. The number of hydrazone groups is 1. The van der Waals surface area contributed by atoms with Crippen LogP contribution in [-0.2, 0) is 22.4 Å². The normalized spacial score (nSPS) is 15.5. The number of benzene rings is 2. The van der Waals surface area contributed by atoms with Gasteiger partial charge in [-0.25, -0.2) is 9.99 Å². The molecule has 3 aromatic rings. The Morgan fingerprint density at radius 2 is 1.86 bits per heavy atom. The average molecular weight is 511 g/mol. The van der Waals surface area contributed by atoms with E-state index in [-0.39, 0.29) is 18.0 Å². The zero-order valence-corrected chi connectivity index (χ0v) is 20.8. The van der Waals surface area contributed by atoms with Crippen molar-refractivity contribution in [2.75, 3.05) is 19.5 Å². The van der Waals surface area contributed by atoms with Crippen molar-refractivity contribution in [3.63, 3.8) is 0 Å². The number of rotatable bonds is 7. The molecular weight excluding hydrogens is 487 g/mol. The molecule has 1 unspecified atom stereocenters. The van der Waals surface area contributed by atoms with Crippen LogP contribution >= 0.6 is 23.2 Å². The van der Waals surface area contributed by atoms with Crippen molar-refractivity contribution in [3.8, 4) is 5.75 Å². The smallest absolute Gasteiger partial charge is 0.273 e. The Kier molecular flexibility index (Phi) is 7.68. The molecule has 1 aliphatic heterocycles. The van der Waals surface area contributed by atoms with Crippen LogP contribution in [0.5, 0.6) is 5.75 Å². The number of hydrogen-bond acceptors (Lipinski definition) is 5. The van der Waals surface area contributed by atoms with Crippen LogP contribution in [0.4, 0.5) is 5.82 Å². The van der Waals surface area contributed by atoms with E-state index < -0.39 is 11.8 Å². The van der Waals surface area contributed by atoms with Crippen LogP contribution in [0, 0.1) is 5.92 Å². The molecule has 0 saturated heterocycles. The lowest BCUT2D eigenvalue weighted by Crippen LogP contribution is -2.41. The third-order valence-corrected chi connectivity index (χ3v) is 6.09. The number of carbonyl (C=O) groups excluding carboxylic acids is 2. The van der Waals surface area contributed by atoms with E-state index in [2.05, 4.69) is 15.4 Å². The van der Waals surface area contributed by atoms with Crippen LogP contribution in [-0.4, -0.2) is 41.7 Å². The van der Waals surface area contributed by atoms with Gasteiger partial charge in [0.15, 0.2) is 0 Å². The van der Waals surface area contributed by atoms with E-state index in [0.717, 1.165) is 22.4 Å². The highest BCUT2D eigenvalue weighted by molar-refractivity contribution is 6.43. The summed E-state index contributed by atoms with van der Waals surface area (Å²) in [5.74, 6) is 0.188. The number of pyridine rings is 1. The van der Waals surface area contributed by atoms with E-state index in [1.165, 1.54) is 5.01 Å². The van der Waals surface area contributed by atoms with Crippen LogP contribution < -0.4 is 10.1 Å². The second-order valence-electron chi connectivity index (χ2n) is 8.33. The Morgan fingerprint density at radius 3 is 2.54 bits per heavy atom. The Bertz CT molecular complexity index is 1260. The Hall–Kier alpha value is -3.42. The predicted octanol–water partition coefficient (Wildman–Crippen LogP) is 5.00. The van der Waals surface area contributed by atoms with E-state index in [1.807, 2.05) is 30.3 Å². The summed E-state index contributed by atoms with van der Waals surface area (Å²) in [6.07, 6.45) is 3.01. The highest BCUT2D eigenvalue weighted by Gasteiger charge is 2.32. The van der Waals surface area contributed by atoms with Gasteiger partial charge in [-0.1, -0.05) is 41.4 Å². The number of methoxy groups -OCH3 is 1. The SMILES string of the molecule is COc1cccc(Cc2ccc(NC(=O)C3=NN(C)C(=O)C(Cc4cc(Cl)cc(Cl)c4)C3)nc2)c1. The molecule has 0 radical (unpaired) electrons. The van der Waals surface area contributed by atoms with Gasteiger partial charge in [-0.15, -0.1) is 0 Å². The van der Waals surface area contributed by atoms with E-state index in [0.29, 0.717) is 28.7 Å². The number of amides is 2. The maximum atomic E-state index is 12.9. The van der Waals surface area contributed by atoms with Crippen LogP contribution in [0.3, 0.4) is 0 Å². The molecular formula is C26H24Cl2N4O3. The summed E-state index contributed by atoms with van der Waals surface area (Å²) in [5, 5.41) is 9.15. The van der Waals surface area contributed by atoms with Gasteiger partial charge in [-0.05, 0) is 65.9 Å². The minimum absolute atomic E-state index is 0.169. The van der Waals surface area contributed by atoms with Gasteiger partial charge in [0, 0.05) is 35.6 Å². The lowest BCUT2D eigenvalue weighted by molar-refractivity contribution is -0.134. The van der Waals surface area contributed by atoms with Crippen molar-refractivity contribution in [1.29, 1.82) is 0 Å². The molecule has 0 bridgehead atoms. The van der Waals surface area contributed by atoms with Crippen molar-refractivity contribution in [2.24, 2.45) is 11.0 Å². The molecule has 0 fully saturated rings. The zero-order chi connectivity index (χ0) is 24.9. The van der Waals surface area contributed by atoms with Gasteiger partial charge in [0.05, 0.1) is 7.11 Å². The molecule has 180 valence electrons. The van der Waals surface area contributed by atoms with E-state index >= 15 is 0 Å². The molecule has 0 spiro atoms. The lowest BCUT2D eigenvalue weighted by Gasteiger charge is -2.26. The third-order valence-electron chi connectivity index (χ3n) is 5.65. The first-order valence-electron chi connectivity index (χ1n) is 11.0. The van der Waals surface area contributed by atoms with Gasteiger partial charge in [0.1, 0.15) is 17.3 Å². The summed E-state index contributed by atoms with van der Waals surface area (Å²) in [4.78, 5) is 29.9. The fourth-order valence-corrected chi connectivity index (χ4v) is 4.55. The highest BCUT2D eigenvalue weighted by Crippen LogP contribution is 2.25. The predicted molar refractivity (Wildman–Crippen MR) is 137 cm³/mol. The summed E-state index contributed by atoms with van der Waals surface area (Å²) in [6, 6.07) is 16.7. The third kappa shape index (κ3) is 6.38. The van der Waals surface area contributed by atoms with Crippen LogP contribution in [0.2, 0.25) is 10.0 Å². The zero-order valence-electron chi connectivity index (χ0n) is 19.3. The number of anilines is 1. The van der Waals surface area contributed by atoms with Crippen molar-refractivity contribution in [3.05, 3.63) is 87.5 Å². The molecule has 9 heteroatoms. The summed E-state index contributed by atoms with van der Waals surface area (Å²) in [5.41, 5.74) is 3.17. The van der Waals surface area contributed by atoms with Crippen LogP contribution in [0.15, 0.2) is 65.9 Å². The topological polar surface area (TPSA) is 83.9 Å². The molecule has 0 saturated carbocycles. The van der Waals surface area contributed by atoms with Crippen molar-refractivity contribution in [1.82, 2.24) is 9.99 Å². The van der Waals surface area contributed by atoms with Gasteiger partial charge in [-0.3, -0.25) is 9.59 Å². The summed E-state index contributed by atoms with van der Waals surface area (Å²) in [6.45, 7) is 0. The molecule has 1 aliphatic rings. The molecule has 2 heterocycles. The molecule has 1 atom stereocenters. The van der Waals surface area contributed by atoms with E-state index in [1.54, 1.807) is 44.6 Å². The number of aromatic nitrogens is 1. The molecule has 7 nitrogen and oxygen atoms in total. The van der Waals surface area contributed by atoms with E-state index in [4.69, 9.17) is 27.9 Å². The molecule has 1 aromatic heterocycles. The van der Waals surface area contributed by atoms with Crippen LogP contribution in [0.1, 0.15) is 23.1 Å². The molecule has 0 aliphatic carbocycles. The number of ether oxygens (including phenoxy) is 1. The van der Waals surface area contributed by atoms with Crippen LogP contribution in [0.25, 0.3) is 0 Å². The number of nitrogens with one attached hydrogen (secondary N) is 1. The molecule has 35 heavy (non-hydrogen) atoms. The van der Waals surface area contributed by atoms with Crippen molar-refractivity contribution >= 4 is 46.5 Å². The molecule has 1 N–H and O–H groups in total. The summed E-state index contributed by atoms with van der Waals surface area (Å²) in [7, 11) is 3.18. The second-order valence-corrected chi connectivity index (χ2v) is 9.20. The summed E-state index contributed by atoms with van der Waals surface area (Å²) >= 11 is 12.2. The van der Waals surface area contributed by atoms with Crippen molar-refractivity contribution < 1.29 is 14.3 Å². The maximum absolute atomic E-state index is 12.9. The standard InChI is InChI=1S/C26H24Cl2N4O3/c1-32-26(34)19(9-18-10-20(27)14-21(28)11-18)13-23(31-32)25(33)30-24-7-6-17(15-29-24)8-16-4-3-5-22(12-16)35-2/h3-7,10-12,14-15,19H,8-9,13H2,1-2H3,(H,29,30,33). The minimum Gasteiger partial charge on any atom is -0.497 e. The Morgan fingerprint density at radius 1 is 1.09 bits per heavy atom. The highest BCUT2D eigenvalue weighted by atomic mass is 35.5. The lowest BCUT2D eigenvalue weighted by atomic mass is 9.91. The number of nitrogens with zero attached hydrogens (tertiary/aromatic N) is 3. The van der Waals surface area contributed by atoms with E-state index in [9.17, 15) is 9.59 Å². The van der Waals surface area contributed by atoms with Gasteiger partial charge in [0.2, 0.25) is 5.91 Å². The first kappa shape index (κ1) is 24.7. The monoisotopic (exact) mass is 510 g/mol. The number of halogens is 2. The second kappa shape index (κ2) is 10.9. The fourth-order valence-electron chi connectivity index (χ4n) is 3.98. The van der Waals surface area contributed by atoms with Gasteiger partial charge in [-0.2, -0.15) is 5.10 Å². The molecule has 2 aromatic carbocycles. The first-order chi connectivity index (χ1) is 16.8. The average Bonchev–Trinajstić information content (AvgIpc) is 2.82. The number of carbonyl (C=O) groups is 2. The minimum atomic E-state index is -0.453. The first-order valence-corrected chi connectivity index (χ1v) is 11.8. The Labute approximate surface area is 213 Å². The fraction of sp³-hybridized carbons (Fsp3) is 0.231. The number of hydrogen-bond donors (Lipinski definition) is 1. The maximum Gasteiger partial charge on any atom is 0.273 e. The quantitative estimate of drug-likeness (QED) is 0.484. The van der Waals surface area contributed by atoms with Gasteiger partial charge < -0.3 is 10.1 Å². The van der Waals surface area contributed by atoms with Gasteiger partial charge >= 0.3 is 0 Å².